The maximum absolute atomic E-state index is 14.2. The highest BCUT2D eigenvalue weighted by molar-refractivity contribution is 7.92. The third-order valence-electron chi connectivity index (χ3n) is 7.65. The van der Waals surface area contributed by atoms with E-state index in [1.807, 2.05) is 26.0 Å². The number of amides is 2. The van der Waals surface area contributed by atoms with Crippen LogP contribution in [-0.2, 0) is 26.2 Å². The molecule has 1 saturated carbocycles. The molecule has 1 atom stereocenters. The van der Waals surface area contributed by atoms with Gasteiger partial charge in [0.25, 0.3) is 10.0 Å². The predicted molar refractivity (Wildman–Crippen MR) is 165 cm³/mol. The van der Waals surface area contributed by atoms with Gasteiger partial charge in [0.15, 0.2) is 0 Å². The summed E-state index contributed by atoms with van der Waals surface area (Å²) in [7, 11) is -2.58. The second-order valence-electron chi connectivity index (χ2n) is 10.5. The van der Waals surface area contributed by atoms with Gasteiger partial charge in [-0.1, -0.05) is 67.8 Å². The van der Waals surface area contributed by atoms with Gasteiger partial charge in [-0.3, -0.25) is 13.9 Å². The molecule has 1 aliphatic carbocycles. The van der Waals surface area contributed by atoms with Crippen LogP contribution in [0.5, 0.6) is 5.75 Å². The predicted octanol–water partition coefficient (Wildman–Crippen LogP) is 5.72. The SMILES string of the molecule is CC[C@H](C(=O)NC1CCCC1)N(Cc1ccc(OC)cc1)C(=O)CN(c1ccc(C)c(Cl)c1)S(=O)(=O)c1ccccc1. The monoisotopic (exact) mass is 611 g/mol. The highest BCUT2D eigenvalue weighted by Crippen LogP contribution is 2.29. The van der Waals surface area contributed by atoms with Crippen LogP contribution in [0.1, 0.15) is 50.2 Å². The van der Waals surface area contributed by atoms with E-state index < -0.39 is 28.5 Å². The van der Waals surface area contributed by atoms with Crippen LogP contribution in [0.2, 0.25) is 5.02 Å². The maximum atomic E-state index is 14.2. The van der Waals surface area contributed by atoms with Crippen molar-refractivity contribution in [2.24, 2.45) is 0 Å². The molecule has 0 saturated heterocycles. The Balaban J connectivity index is 1.72. The van der Waals surface area contributed by atoms with Crippen LogP contribution in [0.3, 0.4) is 0 Å². The number of hydrogen-bond acceptors (Lipinski definition) is 5. The Morgan fingerprint density at radius 2 is 1.69 bits per heavy atom. The second kappa shape index (κ2) is 14.1. The Hall–Kier alpha value is -3.56. The third-order valence-corrected chi connectivity index (χ3v) is 9.85. The lowest BCUT2D eigenvalue weighted by Crippen LogP contribution is -2.53. The molecule has 1 fully saturated rings. The fraction of sp³-hybridized carbons (Fsp3) is 0.375. The van der Waals surface area contributed by atoms with Gasteiger partial charge in [0.05, 0.1) is 17.7 Å². The number of ether oxygens (including phenoxy) is 1. The van der Waals surface area contributed by atoms with E-state index >= 15 is 0 Å². The molecule has 0 radical (unpaired) electrons. The van der Waals surface area contributed by atoms with Crippen molar-refractivity contribution in [3.8, 4) is 5.75 Å². The minimum atomic E-state index is -4.16. The van der Waals surface area contributed by atoms with Crippen LogP contribution < -0.4 is 14.4 Å². The second-order valence-corrected chi connectivity index (χ2v) is 12.8. The van der Waals surface area contributed by atoms with E-state index in [1.165, 1.54) is 17.0 Å². The van der Waals surface area contributed by atoms with Crippen LogP contribution in [0.4, 0.5) is 5.69 Å². The Morgan fingerprint density at radius 3 is 2.29 bits per heavy atom. The average molecular weight is 612 g/mol. The Morgan fingerprint density at radius 1 is 1.02 bits per heavy atom. The van der Waals surface area contributed by atoms with Crippen LogP contribution in [-0.4, -0.2) is 50.9 Å². The number of carbonyl (C=O) groups excluding carboxylic acids is 2. The van der Waals surface area contributed by atoms with Crippen molar-refractivity contribution in [1.82, 2.24) is 10.2 Å². The molecular formula is C32H38ClN3O5S. The Kier molecular flexibility index (Phi) is 10.5. The van der Waals surface area contributed by atoms with Crippen molar-refractivity contribution >= 4 is 39.1 Å². The highest BCUT2D eigenvalue weighted by atomic mass is 35.5. The van der Waals surface area contributed by atoms with E-state index in [1.54, 1.807) is 55.6 Å². The van der Waals surface area contributed by atoms with Gasteiger partial charge in [-0.15, -0.1) is 0 Å². The van der Waals surface area contributed by atoms with Crippen molar-refractivity contribution in [2.75, 3.05) is 18.0 Å². The molecule has 10 heteroatoms. The van der Waals surface area contributed by atoms with Crippen molar-refractivity contribution in [3.05, 3.63) is 88.9 Å². The molecule has 2 amide bonds. The number of halogens is 1. The molecule has 42 heavy (non-hydrogen) atoms. The number of nitrogens with zero attached hydrogens (tertiary/aromatic N) is 2. The first-order chi connectivity index (χ1) is 20.1. The van der Waals surface area contributed by atoms with Gasteiger partial charge in [-0.25, -0.2) is 8.42 Å². The Labute approximate surface area is 253 Å². The summed E-state index contributed by atoms with van der Waals surface area (Å²) in [4.78, 5) is 29.3. The lowest BCUT2D eigenvalue weighted by atomic mass is 10.1. The molecule has 1 N–H and O–H groups in total. The minimum absolute atomic E-state index is 0.0437. The molecule has 3 aromatic rings. The molecule has 3 aromatic carbocycles. The van der Waals surface area contributed by atoms with Gasteiger partial charge in [0.1, 0.15) is 18.3 Å². The van der Waals surface area contributed by atoms with E-state index in [9.17, 15) is 18.0 Å². The summed E-state index contributed by atoms with van der Waals surface area (Å²) in [6.45, 7) is 3.28. The molecule has 4 rings (SSSR count). The van der Waals surface area contributed by atoms with Crippen LogP contribution >= 0.6 is 11.6 Å². The summed E-state index contributed by atoms with van der Waals surface area (Å²) >= 11 is 6.40. The topological polar surface area (TPSA) is 96.0 Å². The van der Waals surface area contributed by atoms with E-state index in [0.29, 0.717) is 17.2 Å². The lowest BCUT2D eigenvalue weighted by Gasteiger charge is -2.34. The molecular weight excluding hydrogens is 574 g/mol. The summed E-state index contributed by atoms with van der Waals surface area (Å²) < 4.78 is 34.2. The summed E-state index contributed by atoms with van der Waals surface area (Å²) in [5.41, 5.74) is 1.82. The van der Waals surface area contributed by atoms with Crippen LogP contribution in [0, 0.1) is 6.92 Å². The number of sulfonamides is 1. The number of nitrogens with one attached hydrogen (secondary N) is 1. The van der Waals surface area contributed by atoms with Gasteiger partial charge in [0.2, 0.25) is 11.8 Å². The van der Waals surface area contributed by atoms with E-state index in [2.05, 4.69) is 5.32 Å². The van der Waals surface area contributed by atoms with Gasteiger partial charge >= 0.3 is 0 Å². The number of carbonyl (C=O) groups is 2. The van der Waals surface area contributed by atoms with Gasteiger partial charge in [-0.2, -0.15) is 0 Å². The van der Waals surface area contributed by atoms with Gasteiger partial charge < -0.3 is 15.0 Å². The lowest BCUT2D eigenvalue weighted by molar-refractivity contribution is -0.140. The van der Waals surface area contributed by atoms with Crippen LogP contribution in [0.25, 0.3) is 0 Å². The number of hydrogen-bond donors (Lipinski definition) is 1. The molecule has 0 spiro atoms. The van der Waals surface area contributed by atoms with Crippen molar-refractivity contribution in [3.63, 3.8) is 0 Å². The number of methoxy groups -OCH3 is 1. The number of anilines is 1. The fourth-order valence-electron chi connectivity index (χ4n) is 5.20. The van der Waals surface area contributed by atoms with Gasteiger partial charge in [0, 0.05) is 17.6 Å². The van der Waals surface area contributed by atoms with Crippen molar-refractivity contribution in [1.29, 1.82) is 0 Å². The number of benzene rings is 3. The molecule has 224 valence electrons. The number of aryl methyl sites for hydroxylation is 1. The first kappa shape index (κ1) is 31.4. The molecule has 1 aliphatic rings. The summed E-state index contributed by atoms with van der Waals surface area (Å²) in [6, 6.07) is 19.4. The summed E-state index contributed by atoms with van der Waals surface area (Å²) in [6.07, 6.45) is 4.29. The first-order valence-electron chi connectivity index (χ1n) is 14.2. The van der Waals surface area contributed by atoms with Crippen molar-refractivity contribution < 1.29 is 22.7 Å². The highest BCUT2D eigenvalue weighted by Gasteiger charge is 2.34. The molecule has 0 heterocycles. The van der Waals surface area contributed by atoms with E-state index in [4.69, 9.17) is 16.3 Å². The first-order valence-corrected chi connectivity index (χ1v) is 16.0. The molecule has 0 bridgehead atoms. The largest absolute Gasteiger partial charge is 0.497 e. The molecule has 0 aromatic heterocycles. The molecule has 0 aliphatic heterocycles. The van der Waals surface area contributed by atoms with E-state index in [-0.39, 0.29) is 29.1 Å². The fourth-order valence-corrected chi connectivity index (χ4v) is 6.80. The average Bonchev–Trinajstić information content (AvgIpc) is 3.51. The Bertz CT molecular complexity index is 1480. The summed E-state index contributed by atoms with van der Waals surface area (Å²) in [5.74, 6) is -0.0726. The van der Waals surface area contributed by atoms with Crippen LogP contribution in [0.15, 0.2) is 77.7 Å². The van der Waals surface area contributed by atoms with Gasteiger partial charge in [-0.05, 0) is 73.7 Å². The summed E-state index contributed by atoms with van der Waals surface area (Å²) in [5, 5.41) is 3.50. The van der Waals surface area contributed by atoms with E-state index in [0.717, 1.165) is 41.1 Å². The zero-order valence-electron chi connectivity index (χ0n) is 24.3. The zero-order chi connectivity index (χ0) is 30.3. The smallest absolute Gasteiger partial charge is 0.264 e. The van der Waals surface area contributed by atoms with Crippen molar-refractivity contribution in [2.45, 2.75) is 69.5 Å². The third kappa shape index (κ3) is 7.44. The maximum Gasteiger partial charge on any atom is 0.264 e. The minimum Gasteiger partial charge on any atom is -0.497 e. The standard InChI is InChI=1S/C32H38ClN3O5S/c1-4-30(32(38)34-25-10-8-9-11-25)35(21-24-15-18-27(41-3)19-16-24)31(37)22-36(26-17-14-23(2)29(33)20-26)42(39,40)28-12-6-5-7-13-28/h5-7,12-20,25,30H,4,8-11,21-22H2,1-3H3,(H,34,38)/t30-/m1/s1. The number of rotatable bonds is 12. The quantitative estimate of drug-likeness (QED) is 0.283. The zero-order valence-corrected chi connectivity index (χ0v) is 25.8. The molecule has 0 unspecified atom stereocenters. The molecule has 8 nitrogen and oxygen atoms in total. The normalized spacial score (nSPS) is 14.3.